The van der Waals surface area contributed by atoms with E-state index in [1.807, 2.05) is 0 Å². The van der Waals surface area contributed by atoms with Crippen molar-refractivity contribution in [2.45, 2.75) is 38.5 Å². The Balaban J connectivity index is 1.90. The van der Waals surface area contributed by atoms with Crippen molar-refractivity contribution in [3.63, 3.8) is 0 Å². The summed E-state index contributed by atoms with van der Waals surface area (Å²) in [4.78, 5) is 25.6. The van der Waals surface area contributed by atoms with Gasteiger partial charge in [0.2, 0.25) is 5.91 Å². The van der Waals surface area contributed by atoms with Crippen LogP contribution in [-0.4, -0.2) is 49.4 Å². The molecule has 0 atom stereocenters. The first kappa shape index (κ1) is 25.0. The number of nitrogens with one attached hydrogen (secondary N) is 2. The molecule has 11 heteroatoms. The van der Waals surface area contributed by atoms with Crippen LogP contribution in [-0.2, 0) is 17.1 Å². The fourth-order valence-corrected chi connectivity index (χ4v) is 3.32. The van der Waals surface area contributed by atoms with Crippen LogP contribution in [0.4, 0.5) is 26.3 Å². The third-order valence-corrected chi connectivity index (χ3v) is 5.18. The van der Waals surface area contributed by atoms with Gasteiger partial charge in [0, 0.05) is 31.6 Å². The molecule has 31 heavy (non-hydrogen) atoms. The van der Waals surface area contributed by atoms with Gasteiger partial charge in [-0.3, -0.25) is 9.59 Å². The van der Waals surface area contributed by atoms with E-state index in [0.717, 1.165) is 25.9 Å². The fraction of sp³-hybridized carbons (Fsp3) is 0.600. The molecular weight excluding hydrogens is 428 g/mol. The molecule has 1 aromatic rings. The zero-order valence-electron chi connectivity index (χ0n) is 17.0. The molecule has 0 radical (unpaired) electrons. The van der Waals surface area contributed by atoms with Gasteiger partial charge in [-0.15, -0.1) is 0 Å². The first-order valence-corrected chi connectivity index (χ1v) is 9.97. The molecule has 1 aliphatic heterocycles. The van der Waals surface area contributed by atoms with Crippen LogP contribution < -0.4 is 10.6 Å². The Morgan fingerprint density at radius 1 is 0.968 bits per heavy atom. The van der Waals surface area contributed by atoms with Crippen LogP contribution in [0.2, 0.25) is 0 Å². The Bertz CT molecular complexity index is 739. The number of carbonyl (C=O) groups excluding carboxylic acids is 2. The van der Waals surface area contributed by atoms with Gasteiger partial charge >= 0.3 is 12.4 Å². The maximum absolute atomic E-state index is 12.9. The van der Waals surface area contributed by atoms with Crippen molar-refractivity contribution < 1.29 is 35.9 Å². The van der Waals surface area contributed by atoms with E-state index in [9.17, 15) is 35.9 Å². The van der Waals surface area contributed by atoms with E-state index in [4.69, 9.17) is 0 Å². The second kappa shape index (κ2) is 10.3. The molecule has 5 nitrogen and oxygen atoms in total. The summed E-state index contributed by atoms with van der Waals surface area (Å²) in [6.45, 7) is 4.60. The fourth-order valence-electron chi connectivity index (χ4n) is 3.32. The van der Waals surface area contributed by atoms with Crippen LogP contribution in [0, 0.1) is 5.92 Å². The third-order valence-electron chi connectivity index (χ3n) is 5.18. The van der Waals surface area contributed by atoms with E-state index in [2.05, 4.69) is 15.5 Å². The van der Waals surface area contributed by atoms with E-state index in [1.54, 1.807) is 6.92 Å². The second-order valence-corrected chi connectivity index (χ2v) is 7.49. The highest BCUT2D eigenvalue weighted by molar-refractivity contribution is 5.94. The van der Waals surface area contributed by atoms with Gasteiger partial charge in [0.05, 0.1) is 11.1 Å². The molecule has 1 aromatic carbocycles. The summed E-state index contributed by atoms with van der Waals surface area (Å²) in [5.41, 5.74) is -3.71. The quantitative estimate of drug-likeness (QED) is 0.620. The minimum atomic E-state index is -5.00. The standard InChI is InChI=1S/C20H25F6N3O2/c1-2-17(30)27-5-8-29-6-3-13(4-7-29)12-28-18(31)14-9-15(19(21,22)23)11-16(10-14)20(24,25)26/h9-11,13H,2-8,12H2,1H3,(H,27,30)(H,28,31). The summed E-state index contributed by atoms with van der Waals surface area (Å²) in [6.07, 6.45) is -8.14. The van der Waals surface area contributed by atoms with Crippen molar-refractivity contribution in [2.75, 3.05) is 32.7 Å². The van der Waals surface area contributed by atoms with Crippen molar-refractivity contribution in [1.29, 1.82) is 0 Å². The summed E-state index contributed by atoms with van der Waals surface area (Å²) in [7, 11) is 0. The average molecular weight is 453 g/mol. The third kappa shape index (κ3) is 7.71. The predicted octanol–water partition coefficient (Wildman–Crippen LogP) is 3.69. The summed E-state index contributed by atoms with van der Waals surface area (Å²) in [5.74, 6) is -0.930. The molecule has 1 aliphatic rings. The SMILES string of the molecule is CCC(=O)NCCN1CCC(CNC(=O)c2cc(C(F)(F)F)cc(C(F)(F)F)c2)CC1. The Morgan fingerprint density at radius 3 is 2.00 bits per heavy atom. The molecular formula is C20H25F6N3O2. The van der Waals surface area contributed by atoms with Gasteiger partial charge in [0.25, 0.3) is 5.91 Å². The van der Waals surface area contributed by atoms with E-state index < -0.39 is 35.0 Å². The Labute approximate surface area is 176 Å². The van der Waals surface area contributed by atoms with E-state index >= 15 is 0 Å². The first-order chi connectivity index (χ1) is 14.4. The van der Waals surface area contributed by atoms with Crippen LogP contribution in [0.1, 0.15) is 47.7 Å². The minimum absolute atomic E-state index is 0.00453. The number of halogens is 6. The van der Waals surface area contributed by atoms with Gasteiger partial charge in [-0.25, -0.2) is 0 Å². The van der Waals surface area contributed by atoms with Crippen LogP contribution in [0.15, 0.2) is 18.2 Å². The summed E-state index contributed by atoms with van der Waals surface area (Å²) in [6, 6.07) is 0.852. The lowest BCUT2D eigenvalue weighted by Gasteiger charge is -2.32. The summed E-state index contributed by atoms with van der Waals surface area (Å²) >= 11 is 0. The molecule has 1 saturated heterocycles. The number of amides is 2. The maximum atomic E-state index is 12.9. The number of benzene rings is 1. The Hall–Kier alpha value is -2.30. The van der Waals surface area contributed by atoms with Crippen LogP contribution in [0.3, 0.4) is 0 Å². The molecule has 174 valence electrons. The lowest BCUT2D eigenvalue weighted by Crippen LogP contribution is -2.41. The predicted molar refractivity (Wildman–Crippen MR) is 101 cm³/mol. The molecule has 2 amide bonds. The number of alkyl halides is 6. The van der Waals surface area contributed by atoms with Crippen molar-refractivity contribution in [3.8, 4) is 0 Å². The van der Waals surface area contributed by atoms with Gasteiger partial charge in [0.1, 0.15) is 0 Å². The van der Waals surface area contributed by atoms with Gasteiger partial charge in [-0.2, -0.15) is 26.3 Å². The Kier molecular flexibility index (Phi) is 8.33. The van der Waals surface area contributed by atoms with Crippen molar-refractivity contribution in [3.05, 3.63) is 34.9 Å². The molecule has 1 fully saturated rings. The van der Waals surface area contributed by atoms with E-state index in [1.165, 1.54) is 0 Å². The van der Waals surface area contributed by atoms with E-state index in [-0.39, 0.29) is 24.4 Å². The summed E-state index contributed by atoms with van der Waals surface area (Å²) < 4.78 is 77.6. The van der Waals surface area contributed by atoms with Crippen molar-refractivity contribution >= 4 is 11.8 Å². The maximum Gasteiger partial charge on any atom is 0.416 e. The van der Waals surface area contributed by atoms with Gasteiger partial charge in [-0.1, -0.05) is 6.92 Å². The number of hydrogen-bond donors (Lipinski definition) is 2. The summed E-state index contributed by atoms with van der Waals surface area (Å²) in [5, 5.41) is 5.24. The molecule has 1 heterocycles. The molecule has 2 rings (SSSR count). The molecule has 0 spiro atoms. The number of nitrogens with zero attached hydrogens (tertiary/aromatic N) is 1. The smallest absolute Gasteiger partial charge is 0.355 e. The average Bonchev–Trinajstić information content (AvgIpc) is 2.71. The monoisotopic (exact) mass is 453 g/mol. The number of hydrogen-bond acceptors (Lipinski definition) is 3. The first-order valence-electron chi connectivity index (χ1n) is 9.97. The van der Waals surface area contributed by atoms with Gasteiger partial charge in [0.15, 0.2) is 0 Å². The molecule has 0 unspecified atom stereocenters. The zero-order chi connectivity index (χ0) is 23.2. The molecule has 0 aliphatic carbocycles. The lowest BCUT2D eigenvalue weighted by atomic mass is 9.96. The Morgan fingerprint density at radius 2 is 1.52 bits per heavy atom. The van der Waals surface area contributed by atoms with E-state index in [0.29, 0.717) is 31.6 Å². The highest BCUT2D eigenvalue weighted by atomic mass is 19.4. The normalized spacial score (nSPS) is 16.2. The molecule has 0 aromatic heterocycles. The van der Waals surface area contributed by atoms with Crippen molar-refractivity contribution in [2.24, 2.45) is 5.92 Å². The highest BCUT2D eigenvalue weighted by Gasteiger charge is 2.37. The number of likely N-dealkylation sites (tertiary alicyclic amines) is 1. The van der Waals surface area contributed by atoms with Crippen LogP contribution >= 0.6 is 0 Å². The number of piperidine rings is 1. The van der Waals surface area contributed by atoms with Gasteiger partial charge in [-0.05, 0) is 50.0 Å². The molecule has 0 saturated carbocycles. The van der Waals surface area contributed by atoms with Crippen LogP contribution in [0.5, 0.6) is 0 Å². The molecule has 2 N–H and O–H groups in total. The lowest BCUT2D eigenvalue weighted by molar-refractivity contribution is -0.143. The second-order valence-electron chi connectivity index (χ2n) is 7.49. The zero-order valence-corrected chi connectivity index (χ0v) is 17.0. The van der Waals surface area contributed by atoms with Crippen molar-refractivity contribution in [1.82, 2.24) is 15.5 Å². The van der Waals surface area contributed by atoms with Gasteiger partial charge < -0.3 is 15.5 Å². The van der Waals surface area contributed by atoms with Crippen LogP contribution in [0.25, 0.3) is 0 Å². The minimum Gasteiger partial charge on any atom is -0.355 e. The molecule has 0 bridgehead atoms. The number of rotatable bonds is 7. The highest BCUT2D eigenvalue weighted by Crippen LogP contribution is 2.36. The largest absolute Gasteiger partial charge is 0.416 e. The number of carbonyl (C=O) groups is 2. The topological polar surface area (TPSA) is 61.4 Å².